The molecule has 16 nitrogen and oxygen atoms in total. The first-order chi connectivity index (χ1) is 37.2. The average molecular weight is 1040 g/mol. The number of non-ortho nitro benzene ring substituents is 1. The minimum Gasteiger partial charge on any atom is -0.489 e. The van der Waals surface area contributed by atoms with Gasteiger partial charge in [0.05, 0.1) is 36.4 Å². The van der Waals surface area contributed by atoms with E-state index in [1.54, 1.807) is 53.4 Å². The van der Waals surface area contributed by atoms with E-state index < -0.39 is 34.7 Å². The van der Waals surface area contributed by atoms with Crippen molar-refractivity contribution in [2.75, 3.05) is 39.8 Å². The Kier molecular flexibility index (Phi) is 17.9. The molecule has 2 N–H and O–H groups in total. The minimum atomic E-state index is -1.64. The lowest BCUT2D eigenvalue weighted by molar-refractivity contribution is -0.384. The number of carbonyl (C=O) groups excluding carboxylic acids is 1. The fourth-order valence-electron chi connectivity index (χ4n) is 11.0. The summed E-state index contributed by atoms with van der Waals surface area (Å²) in [4.78, 5) is 34.1. The predicted octanol–water partition coefficient (Wildman–Crippen LogP) is 10.7. The maximum absolute atomic E-state index is 15.2. The van der Waals surface area contributed by atoms with Crippen LogP contribution in [-0.4, -0.2) is 83.5 Å². The molecule has 0 radical (unpaired) electrons. The molecule has 5 aromatic carbocycles. The third-order valence-electron chi connectivity index (χ3n) is 14.5. The number of oxime groups is 1. The van der Waals surface area contributed by atoms with Crippen molar-refractivity contribution >= 4 is 17.5 Å². The van der Waals surface area contributed by atoms with E-state index in [1.165, 1.54) is 18.2 Å². The number of nitro benzene ring substituents is 1. The monoisotopic (exact) mass is 1040 g/mol. The number of amides is 1. The molecule has 2 aliphatic carbocycles. The number of halogens is 1. The summed E-state index contributed by atoms with van der Waals surface area (Å²) in [5.41, 5.74) is 4.78. The molecule has 17 heteroatoms. The Morgan fingerprint density at radius 1 is 0.842 bits per heavy atom. The number of nitro groups is 1. The third kappa shape index (κ3) is 12.3. The zero-order valence-electron chi connectivity index (χ0n) is 42.3. The summed E-state index contributed by atoms with van der Waals surface area (Å²) in [7, 11) is 0. The number of aliphatic hydroxyl groups is 2. The summed E-state index contributed by atoms with van der Waals surface area (Å²) in [6.45, 7) is 4.47. The summed E-state index contributed by atoms with van der Waals surface area (Å²) >= 11 is 0. The van der Waals surface area contributed by atoms with Gasteiger partial charge >= 0.3 is 6.09 Å². The van der Waals surface area contributed by atoms with Crippen LogP contribution >= 0.6 is 0 Å². The molecule has 0 bridgehead atoms. The predicted molar refractivity (Wildman–Crippen MR) is 279 cm³/mol. The molecule has 0 unspecified atom stereocenters. The lowest BCUT2D eigenvalue weighted by Crippen LogP contribution is -2.70. The van der Waals surface area contributed by atoms with Crippen molar-refractivity contribution in [2.24, 2.45) is 22.9 Å². The second kappa shape index (κ2) is 25.5. The number of nitrogens with zero attached hydrogens (tertiary/aromatic N) is 3. The highest BCUT2D eigenvalue weighted by Crippen LogP contribution is 2.62. The van der Waals surface area contributed by atoms with Gasteiger partial charge in [0.25, 0.3) is 5.69 Å². The Bertz CT molecular complexity index is 2850. The van der Waals surface area contributed by atoms with Crippen molar-refractivity contribution in [1.82, 2.24) is 4.90 Å². The Labute approximate surface area is 441 Å². The van der Waals surface area contributed by atoms with Gasteiger partial charge in [-0.2, -0.15) is 0 Å². The van der Waals surface area contributed by atoms with E-state index in [1.807, 2.05) is 54.6 Å². The molecule has 2 heterocycles. The number of rotatable bonds is 26. The fourth-order valence-corrected chi connectivity index (χ4v) is 11.0. The average Bonchev–Trinajstić information content (AvgIpc) is 3.99. The Morgan fingerprint density at radius 3 is 2.36 bits per heavy atom. The zero-order valence-corrected chi connectivity index (χ0v) is 42.3. The van der Waals surface area contributed by atoms with Crippen molar-refractivity contribution in [1.29, 1.82) is 0 Å². The molecule has 0 aromatic heterocycles. The summed E-state index contributed by atoms with van der Waals surface area (Å²) < 4.78 is 59.5. The number of hydrogen-bond donors (Lipinski definition) is 2. The molecule has 9 rings (SSSR count). The highest BCUT2D eigenvalue weighted by molar-refractivity contribution is 6.03. The first-order valence-corrected chi connectivity index (χ1v) is 25.9. The van der Waals surface area contributed by atoms with Gasteiger partial charge in [-0.05, 0) is 108 Å². The van der Waals surface area contributed by atoms with Crippen LogP contribution in [-0.2, 0) is 45.4 Å². The smallest absolute Gasteiger partial charge is 0.410 e. The van der Waals surface area contributed by atoms with Gasteiger partial charge in [0.15, 0.2) is 11.5 Å². The summed E-state index contributed by atoms with van der Waals surface area (Å²) in [5, 5.41) is 36.6. The van der Waals surface area contributed by atoms with Crippen LogP contribution in [0.4, 0.5) is 14.9 Å². The van der Waals surface area contributed by atoms with Gasteiger partial charge in [-0.25, -0.2) is 9.18 Å². The molecule has 0 saturated heterocycles. The molecule has 1 fully saturated rings. The van der Waals surface area contributed by atoms with Crippen LogP contribution in [0.1, 0.15) is 78.7 Å². The normalized spacial score (nSPS) is 21.4. The van der Waals surface area contributed by atoms with E-state index in [9.17, 15) is 24.7 Å². The van der Waals surface area contributed by atoms with Gasteiger partial charge in [0, 0.05) is 55.4 Å². The molecular weight excluding hydrogens is 978 g/mol. The summed E-state index contributed by atoms with van der Waals surface area (Å²) in [6.07, 6.45) is 7.23. The number of allylic oxidation sites excluding steroid dienone is 1. The molecule has 4 aliphatic rings. The Morgan fingerprint density at radius 2 is 1.58 bits per heavy atom. The number of hydrogen-bond acceptors (Lipinski definition) is 14. The van der Waals surface area contributed by atoms with Crippen LogP contribution in [0.15, 0.2) is 145 Å². The third-order valence-corrected chi connectivity index (χ3v) is 14.5. The maximum Gasteiger partial charge on any atom is 0.410 e. The SMILES string of the molecule is C=CCO[C@@]12Oc3ccc(OCc4ccccc4F)cc3[C@H]3[C@H](CCCCO)[C@@H](CCCCO)C=C(C(=NOCc4ccc([N+](=O)[O-])cc4)C[C@@H]1N(Cc1ccc4c(c1)OCO4)C(=O)OCCOCc1ccccc1)[C@H]32. The standard InChI is InChI=1S/C59H64FN3O13/c1-2-28-74-59-55(62(35-42-20-24-53-54(31-42)73-39-72-53)58(66)70-30-29-69-36-40-12-4-3-5-13-40)34-51(61-75-37-41-18-21-45(22-19-41)63(67)68)48-32-43(14-8-10-26-64)47(16-9-11-27-65)56(57(48)59)49-33-46(23-25-52(49)76-59)71-38-44-15-6-7-17-50(44)60/h2-7,12-13,15,17-25,31-33,43,47,55-57,64-65H,1,8-11,14,16,26-30,34-39H2/t43-,47+,55-,56+,57+,59+/m0/s1. The van der Waals surface area contributed by atoms with E-state index in [0.29, 0.717) is 84.1 Å². The Balaban J connectivity index is 1.18. The van der Waals surface area contributed by atoms with Crippen LogP contribution in [0.3, 0.4) is 0 Å². The summed E-state index contributed by atoms with van der Waals surface area (Å²) in [5.74, 6) is -1.21. The van der Waals surface area contributed by atoms with Gasteiger partial charge in [-0.1, -0.05) is 84.7 Å². The molecule has 1 amide bonds. The van der Waals surface area contributed by atoms with E-state index in [2.05, 4.69) is 12.7 Å². The quantitative estimate of drug-likeness (QED) is 0.0230. The van der Waals surface area contributed by atoms with Gasteiger partial charge in [0.2, 0.25) is 12.6 Å². The lowest BCUT2D eigenvalue weighted by atomic mass is 9.55. The first kappa shape index (κ1) is 53.5. The van der Waals surface area contributed by atoms with Crippen LogP contribution in [0.5, 0.6) is 23.0 Å². The molecule has 2 aliphatic heterocycles. The zero-order chi connectivity index (χ0) is 52.9. The maximum atomic E-state index is 15.2. The van der Waals surface area contributed by atoms with Crippen LogP contribution < -0.4 is 18.9 Å². The van der Waals surface area contributed by atoms with Gasteiger partial charge in [-0.3, -0.25) is 15.0 Å². The van der Waals surface area contributed by atoms with E-state index in [0.717, 1.165) is 23.1 Å². The summed E-state index contributed by atoms with van der Waals surface area (Å²) in [6, 6.07) is 32.3. The van der Waals surface area contributed by atoms with Crippen molar-refractivity contribution in [3.8, 4) is 23.0 Å². The number of ether oxygens (including phenoxy) is 7. The van der Waals surface area contributed by atoms with E-state index in [4.69, 9.17) is 43.2 Å². The first-order valence-electron chi connectivity index (χ1n) is 25.9. The highest BCUT2D eigenvalue weighted by atomic mass is 19.1. The largest absolute Gasteiger partial charge is 0.489 e. The number of unbranched alkanes of at least 4 members (excludes halogenated alkanes) is 2. The number of carbonyl (C=O) groups is 1. The van der Waals surface area contributed by atoms with Crippen molar-refractivity contribution < 1.29 is 62.3 Å². The van der Waals surface area contributed by atoms with E-state index in [-0.39, 0.29) is 89.3 Å². The van der Waals surface area contributed by atoms with Crippen molar-refractivity contribution in [3.63, 3.8) is 0 Å². The molecule has 6 atom stereocenters. The number of benzene rings is 5. The van der Waals surface area contributed by atoms with Crippen molar-refractivity contribution in [3.05, 3.63) is 183 Å². The van der Waals surface area contributed by atoms with Crippen molar-refractivity contribution in [2.45, 2.75) is 89.1 Å². The molecule has 0 spiro atoms. The van der Waals surface area contributed by atoms with Gasteiger partial charge in [-0.15, -0.1) is 6.58 Å². The van der Waals surface area contributed by atoms with Crippen LogP contribution in [0, 0.1) is 33.7 Å². The highest BCUT2D eigenvalue weighted by Gasteiger charge is 2.66. The minimum absolute atomic E-state index is 0.000329. The second-order valence-corrected chi connectivity index (χ2v) is 19.3. The molecule has 1 saturated carbocycles. The Hall–Kier alpha value is -7.31. The lowest BCUT2D eigenvalue weighted by Gasteiger charge is -2.59. The van der Waals surface area contributed by atoms with E-state index >= 15 is 4.79 Å². The fraction of sp³-hybridized carbons (Fsp3) is 0.390. The number of aliphatic hydroxyl groups excluding tert-OH is 2. The van der Waals surface area contributed by atoms with Crippen LogP contribution in [0.2, 0.25) is 0 Å². The second-order valence-electron chi connectivity index (χ2n) is 19.3. The molecule has 400 valence electrons. The molecular formula is C59H64FN3O13. The molecule has 76 heavy (non-hydrogen) atoms. The topological polar surface area (TPSA) is 190 Å². The van der Waals surface area contributed by atoms with Gasteiger partial charge < -0.3 is 48.2 Å². The molecule has 5 aromatic rings. The van der Waals surface area contributed by atoms with Gasteiger partial charge in [0.1, 0.15) is 43.2 Å². The van der Waals surface area contributed by atoms with Crippen LogP contribution in [0.25, 0.3) is 0 Å². The number of fused-ring (bicyclic) bond motifs is 3.